The third-order valence-electron chi connectivity index (χ3n) is 3.97. The van der Waals surface area contributed by atoms with Gasteiger partial charge in [0.25, 0.3) is 9.05 Å². The minimum atomic E-state index is -4.22. The predicted octanol–water partition coefficient (Wildman–Crippen LogP) is 5.17. The Morgan fingerprint density at radius 3 is 2.52 bits per heavy atom. The molecule has 1 aromatic heterocycles. The van der Waals surface area contributed by atoms with Gasteiger partial charge in [-0.2, -0.15) is 0 Å². The van der Waals surface area contributed by atoms with Gasteiger partial charge in [0.15, 0.2) is 0 Å². The molecule has 0 saturated carbocycles. The van der Waals surface area contributed by atoms with Crippen molar-refractivity contribution in [3.8, 4) is 0 Å². The molecule has 1 heterocycles. The zero-order chi connectivity index (χ0) is 19.8. The molecular formula is C18H14Cl3NO4S. The van der Waals surface area contributed by atoms with E-state index in [0.717, 1.165) is 5.56 Å². The summed E-state index contributed by atoms with van der Waals surface area (Å²) in [7, 11) is 1.44. The molecule has 0 saturated heterocycles. The van der Waals surface area contributed by atoms with E-state index in [1.807, 2.05) is 0 Å². The Kier molecular flexibility index (Phi) is 5.72. The Hall–Kier alpha value is -1.73. The van der Waals surface area contributed by atoms with Crippen LogP contribution in [0.5, 0.6) is 0 Å². The minimum absolute atomic E-state index is 0.103. The molecule has 0 spiro atoms. The first-order valence-corrected chi connectivity index (χ1v) is 11.0. The van der Waals surface area contributed by atoms with Gasteiger partial charge >= 0.3 is 5.97 Å². The molecule has 9 heteroatoms. The zero-order valence-electron chi connectivity index (χ0n) is 14.1. The molecule has 5 nitrogen and oxygen atoms in total. The van der Waals surface area contributed by atoms with Crippen molar-refractivity contribution in [3.63, 3.8) is 0 Å². The first kappa shape index (κ1) is 20.0. The molecule has 0 radical (unpaired) electrons. The van der Waals surface area contributed by atoms with E-state index in [9.17, 15) is 13.2 Å². The van der Waals surface area contributed by atoms with Crippen LogP contribution in [0.25, 0.3) is 10.9 Å². The van der Waals surface area contributed by atoms with Crippen LogP contribution in [0.2, 0.25) is 10.0 Å². The van der Waals surface area contributed by atoms with E-state index in [2.05, 4.69) is 4.98 Å². The van der Waals surface area contributed by atoms with E-state index in [-0.39, 0.29) is 17.2 Å². The highest BCUT2D eigenvalue weighted by Gasteiger charge is 2.29. The zero-order valence-corrected chi connectivity index (χ0v) is 17.1. The summed E-state index contributed by atoms with van der Waals surface area (Å²) >= 11 is 12.0. The topological polar surface area (TPSA) is 76.2 Å². The van der Waals surface area contributed by atoms with Crippen LogP contribution in [0, 0.1) is 0 Å². The summed E-state index contributed by atoms with van der Waals surface area (Å²) in [6.45, 7) is 1.73. The van der Waals surface area contributed by atoms with E-state index in [1.54, 1.807) is 43.3 Å². The van der Waals surface area contributed by atoms with E-state index in [1.165, 1.54) is 0 Å². The van der Waals surface area contributed by atoms with Crippen molar-refractivity contribution < 1.29 is 17.9 Å². The fraction of sp³-hybridized carbons (Fsp3) is 0.167. The van der Waals surface area contributed by atoms with Crippen LogP contribution in [-0.4, -0.2) is 26.0 Å². The van der Waals surface area contributed by atoms with Gasteiger partial charge < -0.3 is 9.72 Å². The SMILES string of the molecule is CCOC(=O)c1[nH]c2cccc(Cc3ccc(Cl)c(Cl)c3)c2c1S(=O)(=O)Cl. The Morgan fingerprint density at radius 1 is 1.15 bits per heavy atom. The van der Waals surface area contributed by atoms with Crippen molar-refractivity contribution in [2.24, 2.45) is 0 Å². The van der Waals surface area contributed by atoms with Crippen molar-refractivity contribution in [1.29, 1.82) is 0 Å². The van der Waals surface area contributed by atoms with Gasteiger partial charge in [-0.1, -0.05) is 41.4 Å². The number of halogens is 3. The molecule has 0 bridgehead atoms. The van der Waals surface area contributed by atoms with E-state index >= 15 is 0 Å². The molecule has 0 aliphatic heterocycles. The normalized spacial score (nSPS) is 11.7. The van der Waals surface area contributed by atoms with Crippen molar-refractivity contribution >= 4 is 59.8 Å². The number of hydrogen-bond donors (Lipinski definition) is 1. The number of aromatic nitrogens is 1. The van der Waals surface area contributed by atoms with Crippen LogP contribution in [0.4, 0.5) is 0 Å². The van der Waals surface area contributed by atoms with Crippen LogP contribution in [-0.2, 0) is 20.2 Å². The molecule has 0 aliphatic rings. The molecule has 0 fully saturated rings. The highest BCUT2D eigenvalue weighted by atomic mass is 35.7. The number of carbonyl (C=O) groups is 1. The largest absolute Gasteiger partial charge is 0.461 e. The van der Waals surface area contributed by atoms with Gasteiger partial charge in [-0.3, -0.25) is 0 Å². The quantitative estimate of drug-likeness (QED) is 0.433. The van der Waals surface area contributed by atoms with Crippen molar-refractivity contribution in [2.45, 2.75) is 18.2 Å². The second-order valence-corrected chi connectivity index (χ2v) is 9.07. The maximum atomic E-state index is 12.2. The maximum Gasteiger partial charge on any atom is 0.356 e. The first-order valence-electron chi connectivity index (χ1n) is 7.91. The van der Waals surface area contributed by atoms with Crippen molar-refractivity contribution in [1.82, 2.24) is 4.98 Å². The van der Waals surface area contributed by atoms with Crippen LogP contribution in [0.15, 0.2) is 41.3 Å². The molecule has 0 unspecified atom stereocenters. The predicted molar refractivity (Wildman–Crippen MR) is 107 cm³/mol. The monoisotopic (exact) mass is 445 g/mol. The smallest absolute Gasteiger partial charge is 0.356 e. The third kappa shape index (κ3) is 4.09. The van der Waals surface area contributed by atoms with E-state index in [0.29, 0.717) is 32.9 Å². The lowest BCUT2D eigenvalue weighted by atomic mass is 10.0. The fourth-order valence-electron chi connectivity index (χ4n) is 2.90. The van der Waals surface area contributed by atoms with Crippen LogP contribution in [0.3, 0.4) is 0 Å². The summed E-state index contributed by atoms with van der Waals surface area (Å²) in [5, 5.41) is 1.17. The summed E-state index contributed by atoms with van der Waals surface area (Å²) in [6.07, 6.45) is 0.369. The average Bonchev–Trinajstić information content (AvgIpc) is 2.99. The Morgan fingerprint density at radius 2 is 1.89 bits per heavy atom. The summed E-state index contributed by atoms with van der Waals surface area (Å²) in [4.78, 5) is 14.8. The highest BCUT2D eigenvalue weighted by Crippen LogP contribution is 2.34. The van der Waals surface area contributed by atoms with E-state index < -0.39 is 15.0 Å². The number of ether oxygens (including phenoxy) is 1. The lowest BCUT2D eigenvalue weighted by molar-refractivity contribution is 0.0516. The van der Waals surface area contributed by atoms with Gasteiger partial charge in [-0.15, -0.1) is 0 Å². The number of hydrogen-bond acceptors (Lipinski definition) is 4. The number of benzene rings is 2. The average molecular weight is 447 g/mol. The number of rotatable bonds is 5. The number of nitrogens with one attached hydrogen (secondary N) is 1. The fourth-order valence-corrected chi connectivity index (χ4v) is 4.54. The summed E-state index contributed by atoms with van der Waals surface area (Å²) in [5.41, 5.74) is 1.77. The standard InChI is InChI=1S/C18H14Cl3NO4S/c1-2-26-18(23)16-17(27(21,24)25)15-11(4-3-5-14(15)22-16)8-10-6-7-12(19)13(20)9-10/h3-7,9,22H,2,8H2,1H3. The Bertz CT molecular complexity index is 1140. The Labute approximate surface area is 170 Å². The number of esters is 1. The van der Waals surface area contributed by atoms with Gasteiger partial charge in [-0.25, -0.2) is 13.2 Å². The van der Waals surface area contributed by atoms with Gasteiger partial charge in [-0.05, 0) is 42.7 Å². The van der Waals surface area contributed by atoms with Gasteiger partial charge in [0, 0.05) is 21.6 Å². The third-order valence-corrected chi connectivity index (χ3v) is 6.06. The molecule has 2 aromatic carbocycles. The van der Waals surface area contributed by atoms with Crippen LogP contribution >= 0.6 is 33.9 Å². The lowest BCUT2D eigenvalue weighted by Gasteiger charge is -2.07. The molecule has 27 heavy (non-hydrogen) atoms. The Balaban J connectivity index is 2.22. The number of carbonyl (C=O) groups excluding carboxylic acids is 1. The van der Waals surface area contributed by atoms with Gasteiger partial charge in [0.2, 0.25) is 0 Å². The minimum Gasteiger partial charge on any atom is -0.461 e. The summed E-state index contributed by atoms with van der Waals surface area (Å²) in [6, 6.07) is 10.4. The number of aromatic amines is 1. The first-order chi connectivity index (χ1) is 12.7. The second-order valence-electron chi connectivity index (χ2n) is 5.75. The van der Waals surface area contributed by atoms with Crippen molar-refractivity contribution in [3.05, 3.63) is 63.3 Å². The second kappa shape index (κ2) is 7.72. The molecular weight excluding hydrogens is 433 g/mol. The van der Waals surface area contributed by atoms with Crippen LogP contribution < -0.4 is 0 Å². The molecule has 1 N–H and O–H groups in total. The maximum absolute atomic E-state index is 12.2. The van der Waals surface area contributed by atoms with Crippen molar-refractivity contribution in [2.75, 3.05) is 6.61 Å². The lowest BCUT2D eigenvalue weighted by Crippen LogP contribution is -2.09. The highest BCUT2D eigenvalue weighted by molar-refractivity contribution is 8.14. The molecule has 3 aromatic rings. The summed E-state index contributed by atoms with van der Waals surface area (Å²) < 4.78 is 29.4. The molecule has 142 valence electrons. The molecule has 3 rings (SSSR count). The van der Waals surface area contributed by atoms with E-state index in [4.69, 9.17) is 38.6 Å². The van der Waals surface area contributed by atoms with Gasteiger partial charge in [0.1, 0.15) is 10.6 Å². The number of fused-ring (bicyclic) bond motifs is 1. The van der Waals surface area contributed by atoms with Gasteiger partial charge in [0.05, 0.1) is 16.7 Å². The molecule has 0 atom stereocenters. The number of H-pyrrole nitrogens is 1. The van der Waals surface area contributed by atoms with Crippen LogP contribution in [0.1, 0.15) is 28.5 Å². The summed E-state index contributed by atoms with van der Waals surface area (Å²) in [5.74, 6) is -0.784. The molecule has 0 amide bonds. The molecule has 0 aliphatic carbocycles.